The van der Waals surface area contributed by atoms with Crippen molar-refractivity contribution in [3.8, 4) is 0 Å². The van der Waals surface area contributed by atoms with Crippen molar-refractivity contribution in [2.45, 2.75) is 0 Å². The zero-order valence-corrected chi connectivity index (χ0v) is 6.78. The molecule has 0 saturated carbocycles. The van der Waals surface area contributed by atoms with Crippen LogP contribution in [0, 0.1) is 6.33 Å². The molecule has 3 heteroatoms. The van der Waals surface area contributed by atoms with E-state index in [0.717, 1.165) is 21.9 Å². The summed E-state index contributed by atoms with van der Waals surface area (Å²) in [4.78, 5) is 11.1. The summed E-state index contributed by atoms with van der Waals surface area (Å²) in [6.07, 6.45) is 4.34. The Kier molecular flexibility index (Phi) is 1.16. The average molecular weight is 168 g/mol. The van der Waals surface area contributed by atoms with Crippen LogP contribution >= 0.6 is 0 Å². The van der Waals surface area contributed by atoms with Crippen LogP contribution in [0.15, 0.2) is 30.5 Å². The van der Waals surface area contributed by atoms with Crippen LogP contribution in [0.3, 0.4) is 0 Å². The second-order valence-corrected chi connectivity index (χ2v) is 2.90. The minimum atomic E-state index is 0.844. The summed E-state index contributed by atoms with van der Waals surface area (Å²) in [5.74, 6) is 0. The van der Waals surface area contributed by atoms with Crippen LogP contribution in [0.25, 0.3) is 21.9 Å². The number of hydrogen-bond acceptors (Lipinski definition) is 2. The average Bonchev–Trinajstić information content (AvgIpc) is 2.56. The molecule has 0 amide bonds. The van der Waals surface area contributed by atoms with Gasteiger partial charge in [0, 0.05) is 22.5 Å². The zero-order chi connectivity index (χ0) is 8.67. The van der Waals surface area contributed by atoms with Gasteiger partial charge in [-0.15, -0.1) is 0 Å². The number of fused-ring (bicyclic) bond motifs is 3. The van der Waals surface area contributed by atoms with Gasteiger partial charge in [-0.05, 0) is 6.07 Å². The molecule has 2 aromatic heterocycles. The second kappa shape index (κ2) is 2.29. The molecule has 61 valence electrons. The highest BCUT2D eigenvalue weighted by Crippen LogP contribution is 2.21. The number of H-pyrrole nitrogens is 1. The maximum atomic E-state index is 4.03. The fraction of sp³-hybridized carbons (Fsp3) is 0. The van der Waals surface area contributed by atoms with Crippen molar-refractivity contribution in [2.24, 2.45) is 0 Å². The van der Waals surface area contributed by atoms with E-state index in [1.807, 2.05) is 18.2 Å². The lowest BCUT2D eigenvalue weighted by atomic mass is 10.2. The smallest absolute Gasteiger partial charge is 0.199 e. The highest BCUT2D eigenvalue weighted by atomic mass is 14.9. The van der Waals surface area contributed by atoms with Crippen LogP contribution in [0.5, 0.6) is 0 Å². The number of aromatic nitrogens is 3. The molecule has 0 aliphatic rings. The van der Waals surface area contributed by atoms with Crippen molar-refractivity contribution >= 4 is 21.9 Å². The van der Waals surface area contributed by atoms with Crippen LogP contribution in [0.4, 0.5) is 0 Å². The van der Waals surface area contributed by atoms with Gasteiger partial charge in [-0.3, -0.25) is 0 Å². The molecule has 1 radical (unpaired) electrons. The lowest BCUT2D eigenvalue weighted by Gasteiger charge is -1.86. The van der Waals surface area contributed by atoms with Crippen LogP contribution in [0.2, 0.25) is 0 Å². The van der Waals surface area contributed by atoms with Gasteiger partial charge in [0.2, 0.25) is 0 Å². The number of nitrogens with zero attached hydrogens (tertiary/aromatic N) is 2. The zero-order valence-electron chi connectivity index (χ0n) is 6.78. The third kappa shape index (κ3) is 0.839. The Labute approximate surface area is 74.4 Å². The lowest BCUT2D eigenvalue weighted by molar-refractivity contribution is 1.19. The van der Waals surface area contributed by atoms with Gasteiger partial charge in [0.05, 0.1) is 0 Å². The van der Waals surface area contributed by atoms with E-state index in [1.54, 1.807) is 6.20 Å². The van der Waals surface area contributed by atoms with Crippen molar-refractivity contribution in [1.29, 1.82) is 0 Å². The van der Waals surface area contributed by atoms with Gasteiger partial charge in [0.15, 0.2) is 6.33 Å². The highest BCUT2D eigenvalue weighted by molar-refractivity contribution is 6.05. The Morgan fingerprint density at radius 2 is 2.08 bits per heavy atom. The molecule has 0 atom stereocenters. The molecule has 0 saturated heterocycles. The largest absolute Gasteiger partial charge is 0.339 e. The van der Waals surface area contributed by atoms with Gasteiger partial charge in [0.25, 0.3) is 0 Å². The molecule has 0 bridgehead atoms. The van der Waals surface area contributed by atoms with Crippen molar-refractivity contribution in [3.63, 3.8) is 0 Å². The van der Waals surface area contributed by atoms with Crippen LogP contribution in [0.1, 0.15) is 0 Å². The molecule has 3 rings (SSSR count). The SMILES string of the molecule is [c]1ncc2c(n1)[nH]c1ccccc12. The van der Waals surface area contributed by atoms with Gasteiger partial charge in [0.1, 0.15) is 5.65 Å². The summed E-state index contributed by atoms with van der Waals surface area (Å²) >= 11 is 0. The first-order valence-electron chi connectivity index (χ1n) is 4.05. The number of para-hydroxylation sites is 1. The molecule has 0 fully saturated rings. The molecule has 0 aliphatic heterocycles. The molecular weight excluding hydrogens is 162 g/mol. The number of aromatic amines is 1. The Bertz CT molecular complexity index is 518. The predicted molar refractivity (Wildman–Crippen MR) is 50.2 cm³/mol. The second-order valence-electron chi connectivity index (χ2n) is 2.90. The fourth-order valence-electron chi connectivity index (χ4n) is 1.54. The Balaban J connectivity index is 2.64. The monoisotopic (exact) mass is 168 g/mol. The number of hydrogen-bond donors (Lipinski definition) is 1. The molecule has 3 nitrogen and oxygen atoms in total. The topological polar surface area (TPSA) is 41.6 Å². The first-order chi connectivity index (χ1) is 6.45. The van der Waals surface area contributed by atoms with Crippen LogP contribution < -0.4 is 0 Å². The number of rotatable bonds is 0. The summed E-state index contributed by atoms with van der Waals surface area (Å²) in [6.45, 7) is 0. The predicted octanol–water partition coefficient (Wildman–Crippen LogP) is 1.91. The minimum Gasteiger partial charge on any atom is -0.339 e. The fourth-order valence-corrected chi connectivity index (χ4v) is 1.54. The van der Waals surface area contributed by atoms with Gasteiger partial charge in [-0.25, -0.2) is 9.97 Å². The molecule has 2 heterocycles. The molecule has 0 aliphatic carbocycles. The number of benzene rings is 1. The van der Waals surface area contributed by atoms with E-state index >= 15 is 0 Å². The van der Waals surface area contributed by atoms with Crippen LogP contribution in [-0.2, 0) is 0 Å². The number of nitrogens with one attached hydrogen (secondary N) is 1. The molecule has 3 aromatic rings. The normalized spacial score (nSPS) is 11.1. The van der Waals surface area contributed by atoms with E-state index in [4.69, 9.17) is 0 Å². The molecule has 13 heavy (non-hydrogen) atoms. The van der Waals surface area contributed by atoms with E-state index in [0.29, 0.717) is 0 Å². The van der Waals surface area contributed by atoms with Crippen molar-refractivity contribution in [1.82, 2.24) is 15.0 Å². The Hall–Kier alpha value is -1.90. The van der Waals surface area contributed by atoms with E-state index in [9.17, 15) is 0 Å². The quantitative estimate of drug-likeness (QED) is 0.557. The summed E-state index contributed by atoms with van der Waals surface area (Å²) in [6, 6.07) is 8.08. The highest BCUT2D eigenvalue weighted by Gasteiger charge is 2.02. The van der Waals surface area contributed by atoms with Gasteiger partial charge < -0.3 is 4.98 Å². The minimum absolute atomic E-state index is 0.844. The van der Waals surface area contributed by atoms with Gasteiger partial charge >= 0.3 is 0 Å². The van der Waals surface area contributed by atoms with E-state index in [1.165, 1.54) is 0 Å². The van der Waals surface area contributed by atoms with Crippen molar-refractivity contribution < 1.29 is 0 Å². The van der Waals surface area contributed by atoms with E-state index in [2.05, 4.69) is 27.3 Å². The third-order valence-electron chi connectivity index (χ3n) is 2.14. The summed E-state index contributed by atoms with van der Waals surface area (Å²) < 4.78 is 0. The Morgan fingerprint density at radius 1 is 1.15 bits per heavy atom. The maximum Gasteiger partial charge on any atom is 0.199 e. The molecule has 1 aromatic carbocycles. The van der Waals surface area contributed by atoms with Crippen LogP contribution in [-0.4, -0.2) is 15.0 Å². The molecule has 0 unspecified atom stereocenters. The van der Waals surface area contributed by atoms with Gasteiger partial charge in [-0.2, -0.15) is 0 Å². The van der Waals surface area contributed by atoms with Gasteiger partial charge in [-0.1, -0.05) is 18.2 Å². The first kappa shape index (κ1) is 6.60. The van der Waals surface area contributed by atoms with E-state index in [-0.39, 0.29) is 0 Å². The van der Waals surface area contributed by atoms with Crippen molar-refractivity contribution in [3.05, 3.63) is 36.8 Å². The van der Waals surface area contributed by atoms with E-state index < -0.39 is 0 Å². The maximum absolute atomic E-state index is 4.03. The summed E-state index contributed by atoms with van der Waals surface area (Å²) in [5.41, 5.74) is 1.93. The first-order valence-corrected chi connectivity index (χ1v) is 4.05. The molecule has 0 spiro atoms. The third-order valence-corrected chi connectivity index (χ3v) is 2.14. The summed E-state index contributed by atoms with van der Waals surface area (Å²) in [7, 11) is 0. The summed E-state index contributed by atoms with van der Waals surface area (Å²) in [5, 5.41) is 2.21. The lowest BCUT2D eigenvalue weighted by Crippen LogP contribution is -1.76. The molecule has 1 N–H and O–H groups in total. The Morgan fingerprint density at radius 3 is 3.08 bits per heavy atom. The van der Waals surface area contributed by atoms with Crippen molar-refractivity contribution in [2.75, 3.05) is 0 Å². The standard InChI is InChI=1S/C10H6N3/c1-2-4-9-7(3-1)8-5-11-6-12-10(8)13-9/h1-5H,(H,11,12,13). The molecular formula is C10H6N3.